The van der Waals surface area contributed by atoms with Crippen LogP contribution in [0, 0.1) is 0 Å². The molecule has 1 N–H and O–H groups in total. The van der Waals surface area contributed by atoms with Crippen LogP contribution < -0.4 is 10.2 Å². The van der Waals surface area contributed by atoms with E-state index in [1.54, 1.807) is 11.3 Å². The third-order valence-electron chi connectivity index (χ3n) is 4.36. The fraction of sp³-hybridized carbons (Fsp3) is 0.286. The highest BCUT2D eigenvalue weighted by molar-refractivity contribution is 7.17. The van der Waals surface area contributed by atoms with Gasteiger partial charge in [0.25, 0.3) is 0 Å². The quantitative estimate of drug-likeness (QED) is 0.691. The van der Waals surface area contributed by atoms with Gasteiger partial charge in [0.15, 0.2) is 0 Å². The summed E-state index contributed by atoms with van der Waals surface area (Å²) < 4.78 is 1.29. The van der Waals surface area contributed by atoms with E-state index < -0.39 is 0 Å². The van der Waals surface area contributed by atoms with Crippen molar-refractivity contribution in [3.05, 3.63) is 65.0 Å². The molecule has 2 aromatic carbocycles. The number of amides is 1. The molecule has 0 aliphatic carbocycles. The maximum atomic E-state index is 12.2. The molecule has 136 valence electrons. The van der Waals surface area contributed by atoms with E-state index in [4.69, 9.17) is 0 Å². The fourth-order valence-corrected chi connectivity index (χ4v) is 3.87. The minimum absolute atomic E-state index is 0.0451. The average molecular weight is 368 g/mol. The monoisotopic (exact) mass is 367 g/mol. The SMILES string of the molecule is CN(CC(=O)NCc1ccc(N(C)C)cc1)Cc1csc2ccccc12. The second-order valence-corrected chi connectivity index (χ2v) is 7.68. The van der Waals surface area contributed by atoms with Crippen molar-refractivity contribution in [2.45, 2.75) is 13.1 Å². The topological polar surface area (TPSA) is 35.6 Å². The molecule has 0 fully saturated rings. The standard InChI is InChI=1S/C21H25N3OS/c1-23(2)18-10-8-16(9-11-18)12-22-21(25)14-24(3)13-17-15-26-20-7-5-4-6-19(17)20/h4-11,15H,12-14H2,1-3H3,(H,22,25). The van der Waals surface area contributed by atoms with Crippen molar-refractivity contribution in [2.75, 3.05) is 32.6 Å². The Morgan fingerprint density at radius 3 is 2.50 bits per heavy atom. The molecular formula is C21H25N3OS. The van der Waals surface area contributed by atoms with Crippen molar-refractivity contribution >= 4 is 33.0 Å². The number of rotatable bonds is 7. The Balaban J connectivity index is 1.49. The van der Waals surface area contributed by atoms with Crippen LogP contribution in [0.5, 0.6) is 0 Å². The smallest absolute Gasteiger partial charge is 0.234 e. The molecule has 0 spiro atoms. The molecule has 0 atom stereocenters. The van der Waals surface area contributed by atoms with Crippen LogP contribution in [-0.2, 0) is 17.9 Å². The molecule has 0 bridgehead atoms. The van der Waals surface area contributed by atoms with Gasteiger partial charge in [0.05, 0.1) is 6.54 Å². The number of hydrogen-bond donors (Lipinski definition) is 1. The van der Waals surface area contributed by atoms with Crippen LogP contribution in [0.3, 0.4) is 0 Å². The molecule has 0 saturated heterocycles. The normalized spacial score (nSPS) is 11.1. The summed E-state index contributed by atoms with van der Waals surface area (Å²) in [5.41, 5.74) is 3.54. The Labute approximate surface area is 159 Å². The Morgan fingerprint density at radius 1 is 1.04 bits per heavy atom. The molecule has 0 radical (unpaired) electrons. The van der Waals surface area contributed by atoms with Crippen molar-refractivity contribution in [2.24, 2.45) is 0 Å². The van der Waals surface area contributed by atoms with E-state index in [0.29, 0.717) is 13.1 Å². The van der Waals surface area contributed by atoms with Gasteiger partial charge < -0.3 is 10.2 Å². The summed E-state index contributed by atoms with van der Waals surface area (Å²) in [4.78, 5) is 16.4. The summed E-state index contributed by atoms with van der Waals surface area (Å²) in [5, 5.41) is 6.47. The van der Waals surface area contributed by atoms with Crippen LogP contribution in [0.15, 0.2) is 53.9 Å². The van der Waals surface area contributed by atoms with E-state index in [2.05, 4.69) is 69.0 Å². The van der Waals surface area contributed by atoms with Crippen LogP contribution in [-0.4, -0.2) is 38.5 Å². The second kappa shape index (κ2) is 8.34. The van der Waals surface area contributed by atoms with E-state index in [0.717, 1.165) is 17.8 Å². The summed E-state index contributed by atoms with van der Waals surface area (Å²) in [6, 6.07) is 16.6. The number of likely N-dealkylation sites (N-methyl/N-ethyl adjacent to an activating group) is 1. The first-order valence-electron chi connectivity index (χ1n) is 8.69. The number of thiophene rings is 1. The third-order valence-corrected chi connectivity index (χ3v) is 5.37. The first-order chi connectivity index (χ1) is 12.5. The van der Waals surface area contributed by atoms with Crippen molar-refractivity contribution in [3.8, 4) is 0 Å². The van der Waals surface area contributed by atoms with Gasteiger partial charge in [-0.25, -0.2) is 0 Å². The number of fused-ring (bicyclic) bond motifs is 1. The fourth-order valence-electron chi connectivity index (χ4n) is 2.92. The Hall–Kier alpha value is -2.37. The van der Waals surface area contributed by atoms with E-state index in [1.807, 2.05) is 21.1 Å². The highest BCUT2D eigenvalue weighted by Gasteiger charge is 2.10. The molecule has 1 heterocycles. The molecule has 1 aromatic heterocycles. The number of benzene rings is 2. The van der Waals surface area contributed by atoms with Gasteiger partial charge in [0.2, 0.25) is 5.91 Å². The summed E-state index contributed by atoms with van der Waals surface area (Å²) in [6.07, 6.45) is 0. The second-order valence-electron chi connectivity index (χ2n) is 6.77. The van der Waals surface area contributed by atoms with Crippen LogP contribution in [0.1, 0.15) is 11.1 Å². The van der Waals surface area contributed by atoms with Crippen LogP contribution >= 0.6 is 11.3 Å². The van der Waals surface area contributed by atoms with Crippen LogP contribution in [0.25, 0.3) is 10.1 Å². The summed E-state index contributed by atoms with van der Waals surface area (Å²) in [6.45, 7) is 1.72. The van der Waals surface area contributed by atoms with E-state index in [9.17, 15) is 4.79 Å². The maximum Gasteiger partial charge on any atom is 0.234 e. The minimum atomic E-state index is 0.0451. The van der Waals surface area contributed by atoms with Gasteiger partial charge in [-0.15, -0.1) is 11.3 Å². The third kappa shape index (κ3) is 4.62. The number of nitrogens with zero attached hydrogens (tertiary/aromatic N) is 2. The number of anilines is 1. The first kappa shape index (κ1) is 18.4. The van der Waals surface area contributed by atoms with Gasteiger partial charge in [0.1, 0.15) is 0 Å². The number of nitrogens with one attached hydrogen (secondary N) is 1. The van der Waals surface area contributed by atoms with Crippen molar-refractivity contribution in [3.63, 3.8) is 0 Å². The molecule has 0 saturated carbocycles. The van der Waals surface area contributed by atoms with Gasteiger partial charge in [-0.3, -0.25) is 9.69 Å². The number of carbonyl (C=O) groups excluding carboxylic acids is 1. The molecule has 3 aromatic rings. The van der Waals surface area contributed by atoms with Crippen LogP contribution in [0.2, 0.25) is 0 Å². The summed E-state index contributed by atoms with van der Waals surface area (Å²) >= 11 is 1.75. The number of carbonyl (C=O) groups is 1. The zero-order valence-electron chi connectivity index (χ0n) is 15.5. The lowest BCUT2D eigenvalue weighted by molar-refractivity contribution is -0.122. The highest BCUT2D eigenvalue weighted by Crippen LogP contribution is 2.26. The van der Waals surface area contributed by atoms with Gasteiger partial charge in [0, 0.05) is 37.6 Å². The molecule has 3 rings (SSSR count). The lowest BCUT2D eigenvalue weighted by Gasteiger charge is -2.16. The molecule has 0 aliphatic heterocycles. The van der Waals surface area contributed by atoms with Gasteiger partial charge >= 0.3 is 0 Å². The minimum Gasteiger partial charge on any atom is -0.378 e. The zero-order valence-corrected chi connectivity index (χ0v) is 16.3. The van der Waals surface area contributed by atoms with Gasteiger partial charge in [-0.1, -0.05) is 30.3 Å². The van der Waals surface area contributed by atoms with Gasteiger partial charge in [-0.05, 0) is 47.1 Å². The molecule has 1 amide bonds. The predicted octanol–water partition coefficient (Wildman–Crippen LogP) is 3.72. The van der Waals surface area contributed by atoms with Crippen molar-refractivity contribution < 1.29 is 4.79 Å². The Kier molecular flexibility index (Phi) is 5.91. The van der Waals surface area contributed by atoms with E-state index in [-0.39, 0.29) is 5.91 Å². The zero-order chi connectivity index (χ0) is 18.5. The summed E-state index contributed by atoms with van der Waals surface area (Å²) in [5.74, 6) is 0.0451. The maximum absolute atomic E-state index is 12.2. The molecule has 0 aliphatic rings. The predicted molar refractivity (Wildman–Crippen MR) is 111 cm³/mol. The van der Waals surface area contributed by atoms with Crippen LogP contribution in [0.4, 0.5) is 5.69 Å². The molecule has 0 unspecified atom stereocenters. The van der Waals surface area contributed by atoms with Gasteiger partial charge in [-0.2, -0.15) is 0 Å². The summed E-state index contributed by atoms with van der Waals surface area (Å²) in [7, 11) is 6.02. The lowest BCUT2D eigenvalue weighted by atomic mass is 10.1. The molecule has 4 nitrogen and oxygen atoms in total. The van der Waals surface area contributed by atoms with Crippen molar-refractivity contribution in [1.29, 1.82) is 0 Å². The Morgan fingerprint density at radius 2 is 1.77 bits per heavy atom. The molecule has 26 heavy (non-hydrogen) atoms. The molecular weight excluding hydrogens is 342 g/mol. The Bertz CT molecular complexity index is 870. The first-order valence-corrected chi connectivity index (χ1v) is 9.57. The number of hydrogen-bond acceptors (Lipinski definition) is 4. The van der Waals surface area contributed by atoms with Crippen molar-refractivity contribution in [1.82, 2.24) is 10.2 Å². The van der Waals surface area contributed by atoms with E-state index >= 15 is 0 Å². The average Bonchev–Trinajstić information content (AvgIpc) is 3.03. The largest absolute Gasteiger partial charge is 0.378 e. The van der Waals surface area contributed by atoms with E-state index in [1.165, 1.54) is 15.6 Å². The molecule has 5 heteroatoms. The highest BCUT2D eigenvalue weighted by atomic mass is 32.1. The lowest BCUT2D eigenvalue weighted by Crippen LogP contribution is -2.34.